The van der Waals surface area contributed by atoms with Crippen molar-refractivity contribution in [2.24, 2.45) is 0 Å². The van der Waals surface area contributed by atoms with E-state index in [1.165, 1.54) is 70.6 Å². The number of rotatable bonds is 3. The highest BCUT2D eigenvalue weighted by atomic mass is 16.2. The van der Waals surface area contributed by atoms with Crippen LogP contribution in [-0.2, 0) is 4.79 Å². The molecule has 1 aliphatic carbocycles. The van der Waals surface area contributed by atoms with Gasteiger partial charge in [0.15, 0.2) is 0 Å². The molecule has 3 nitrogen and oxygen atoms in total. The zero-order chi connectivity index (χ0) is 13.9. The van der Waals surface area contributed by atoms with Gasteiger partial charge in [-0.2, -0.15) is 0 Å². The van der Waals surface area contributed by atoms with Crippen molar-refractivity contribution < 1.29 is 4.79 Å². The molecule has 3 heteroatoms. The number of likely N-dealkylation sites (N-methyl/N-ethyl adjacent to an activating group) is 1. The Balaban J connectivity index is 2.35. The van der Waals surface area contributed by atoms with Gasteiger partial charge in [-0.25, -0.2) is 0 Å². The molecule has 112 valence electrons. The predicted molar refractivity (Wildman–Crippen MR) is 81.2 cm³/mol. The largest absolute Gasteiger partial charge is 0.358 e. The predicted octanol–water partition coefficient (Wildman–Crippen LogP) is 3.38. The van der Waals surface area contributed by atoms with Crippen LogP contribution in [0.4, 0.5) is 0 Å². The molecule has 0 aromatic rings. The van der Waals surface area contributed by atoms with Gasteiger partial charge >= 0.3 is 0 Å². The summed E-state index contributed by atoms with van der Waals surface area (Å²) in [6, 6.07) is 0.453. The normalized spacial score (nSPS) is 22.0. The number of carbonyl (C=O) groups is 1. The van der Waals surface area contributed by atoms with E-state index in [2.05, 4.69) is 10.6 Å². The lowest BCUT2D eigenvalue weighted by Gasteiger charge is -2.23. The summed E-state index contributed by atoms with van der Waals surface area (Å²) in [7, 11) is 1.71. The van der Waals surface area contributed by atoms with Gasteiger partial charge in [0.05, 0.1) is 6.04 Å². The van der Waals surface area contributed by atoms with Crippen molar-refractivity contribution in [2.75, 3.05) is 7.05 Å². The van der Waals surface area contributed by atoms with Gasteiger partial charge in [0, 0.05) is 13.1 Å². The maximum Gasteiger partial charge on any atom is 0.236 e. The quantitative estimate of drug-likeness (QED) is 0.824. The van der Waals surface area contributed by atoms with Gasteiger partial charge in [0.1, 0.15) is 0 Å². The highest BCUT2D eigenvalue weighted by Crippen LogP contribution is 2.17. The molecule has 1 saturated carbocycles. The number of hydrogen-bond donors (Lipinski definition) is 2. The molecule has 0 aliphatic heterocycles. The maximum atomic E-state index is 11.6. The summed E-state index contributed by atoms with van der Waals surface area (Å²) in [6.07, 6.45) is 14.8. The Bertz CT molecular complexity index is 231. The lowest BCUT2D eigenvalue weighted by atomic mass is 9.97. The Morgan fingerprint density at radius 1 is 0.895 bits per heavy atom. The van der Waals surface area contributed by atoms with Crippen LogP contribution in [0.15, 0.2) is 0 Å². The van der Waals surface area contributed by atoms with Crippen LogP contribution in [0.25, 0.3) is 0 Å². The Labute approximate surface area is 118 Å². The number of nitrogens with one attached hydrogen (secondary N) is 2. The van der Waals surface area contributed by atoms with Crippen LogP contribution in [0.3, 0.4) is 0 Å². The highest BCUT2D eigenvalue weighted by molar-refractivity contribution is 5.80. The molecule has 2 N–H and O–H groups in total. The average molecular weight is 268 g/mol. The molecule has 0 aromatic heterocycles. The highest BCUT2D eigenvalue weighted by Gasteiger charge is 2.16. The van der Waals surface area contributed by atoms with Crippen LogP contribution < -0.4 is 10.6 Å². The third-order valence-corrected chi connectivity index (χ3v) is 4.23. The third kappa shape index (κ3) is 7.56. The van der Waals surface area contributed by atoms with E-state index in [0.29, 0.717) is 6.04 Å². The molecule has 0 heterocycles. The minimum atomic E-state index is -0.0668. The van der Waals surface area contributed by atoms with Gasteiger partial charge < -0.3 is 10.6 Å². The summed E-state index contributed by atoms with van der Waals surface area (Å²) < 4.78 is 0. The molecule has 1 aliphatic rings. The maximum absolute atomic E-state index is 11.6. The van der Waals surface area contributed by atoms with E-state index in [9.17, 15) is 4.79 Å². The second kappa shape index (κ2) is 10.2. The molecule has 0 saturated heterocycles. The van der Waals surface area contributed by atoms with Crippen LogP contribution in [0.1, 0.15) is 77.6 Å². The summed E-state index contributed by atoms with van der Waals surface area (Å²) in [5, 5.41) is 6.23. The van der Waals surface area contributed by atoms with Crippen molar-refractivity contribution in [3.63, 3.8) is 0 Å². The molecule has 1 amide bonds. The van der Waals surface area contributed by atoms with Crippen molar-refractivity contribution in [3.05, 3.63) is 0 Å². The van der Waals surface area contributed by atoms with Gasteiger partial charge in [-0.05, 0) is 19.8 Å². The van der Waals surface area contributed by atoms with Crippen LogP contribution in [0.2, 0.25) is 0 Å². The number of hydrogen-bond acceptors (Lipinski definition) is 2. The smallest absolute Gasteiger partial charge is 0.236 e. The first-order chi connectivity index (χ1) is 9.24. The standard InChI is InChI=1S/C16H32N2O/c1-14(16(19)17-2)18-15-12-10-8-6-4-3-5-7-9-11-13-15/h14-15,18H,3-13H2,1-2H3,(H,17,19). The molecule has 1 unspecified atom stereocenters. The Hall–Kier alpha value is -0.570. The minimum absolute atomic E-state index is 0.0668. The van der Waals surface area contributed by atoms with Crippen LogP contribution in [0.5, 0.6) is 0 Å². The molecule has 1 atom stereocenters. The van der Waals surface area contributed by atoms with Crippen molar-refractivity contribution in [1.82, 2.24) is 10.6 Å². The summed E-state index contributed by atoms with van der Waals surface area (Å²) in [6.45, 7) is 1.97. The van der Waals surface area contributed by atoms with E-state index in [4.69, 9.17) is 0 Å². The topological polar surface area (TPSA) is 41.1 Å². The zero-order valence-electron chi connectivity index (χ0n) is 12.8. The minimum Gasteiger partial charge on any atom is -0.358 e. The summed E-state index contributed by atoms with van der Waals surface area (Å²) in [5.74, 6) is 0.103. The molecule has 0 spiro atoms. The molecule has 1 rings (SSSR count). The Morgan fingerprint density at radius 2 is 1.32 bits per heavy atom. The van der Waals surface area contributed by atoms with Crippen LogP contribution in [0, 0.1) is 0 Å². The average Bonchev–Trinajstić information content (AvgIpc) is 2.40. The van der Waals surface area contributed by atoms with E-state index in [0.717, 1.165) is 0 Å². The van der Waals surface area contributed by atoms with Crippen molar-refractivity contribution in [3.8, 4) is 0 Å². The monoisotopic (exact) mass is 268 g/mol. The molecular weight excluding hydrogens is 236 g/mol. The summed E-state index contributed by atoms with van der Waals surface area (Å²) >= 11 is 0. The third-order valence-electron chi connectivity index (χ3n) is 4.23. The number of amides is 1. The Kier molecular flexibility index (Phi) is 8.89. The van der Waals surface area contributed by atoms with Gasteiger partial charge in [-0.1, -0.05) is 57.8 Å². The second-order valence-electron chi connectivity index (χ2n) is 5.96. The molecule has 0 bridgehead atoms. The van der Waals surface area contributed by atoms with Crippen LogP contribution in [-0.4, -0.2) is 25.0 Å². The zero-order valence-corrected chi connectivity index (χ0v) is 12.8. The van der Waals surface area contributed by atoms with Gasteiger partial charge in [-0.3, -0.25) is 4.79 Å². The van der Waals surface area contributed by atoms with Crippen molar-refractivity contribution in [1.29, 1.82) is 0 Å². The van der Waals surface area contributed by atoms with Crippen molar-refractivity contribution >= 4 is 5.91 Å². The van der Waals surface area contributed by atoms with E-state index < -0.39 is 0 Å². The fraction of sp³-hybridized carbons (Fsp3) is 0.938. The first-order valence-corrected chi connectivity index (χ1v) is 8.21. The van der Waals surface area contributed by atoms with Gasteiger partial charge in [0.2, 0.25) is 5.91 Å². The number of carbonyl (C=O) groups excluding carboxylic acids is 1. The lowest BCUT2D eigenvalue weighted by Crippen LogP contribution is -2.45. The van der Waals surface area contributed by atoms with Crippen LogP contribution >= 0.6 is 0 Å². The van der Waals surface area contributed by atoms with Gasteiger partial charge in [0.25, 0.3) is 0 Å². The molecule has 0 aromatic carbocycles. The van der Waals surface area contributed by atoms with E-state index in [-0.39, 0.29) is 11.9 Å². The first-order valence-electron chi connectivity index (χ1n) is 8.21. The van der Waals surface area contributed by atoms with E-state index in [1.807, 2.05) is 6.92 Å². The summed E-state index contributed by atoms with van der Waals surface area (Å²) in [5.41, 5.74) is 0. The summed E-state index contributed by atoms with van der Waals surface area (Å²) in [4.78, 5) is 11.6. The molecule has 1 fully saturated rings. The van der Waals surface area contributed by atoms with E-state index in [1.54, 1.807) is 7.05 Å². The van der Waals surface area contributed by atoms with Crippen molar-refractivity contribution in [2.45, 2.75) is 89.6 Å². The SMILES string of the molecule is CNC(=O)C(C)NC1CCCCCCCCCCC1. The second-order valence-corrected chi connectivity index (χ2v) is 5.96. The lowest BCUT2D eigenvalue weighted by molar-refractivity contribution is -0.122. The molecule has 0 radical (unpaired) electrons. The molecule has 19 heavy (non-hydrogen) atoms. The fourth-order valence-corrected chi connectivity index (χ4v) is 2.98. The van der Waals surface area contributed by atoms with E-state index >= 15 is 0 Å². The first kappa shape index (κ1) is 16.5. The fourth-order valence-electron chi connectivity index (χ4n) is 2.98. The van der Waals surface area contributed by atoms with Gasteiger partial charge in [-0.15, -0.1) is 0 Å². The molecular formula is C16H32N2O. The Morgan fingerprint density at radius 3 is 1.74 bits per heavy atom.